The molecule has 0 saturated carbocycles. The van der Waals surface area contributed by atoms with Crippen molar-refractivity contribution in [3.05, 3.63) is 64.5 Å². The number of phenols is 1. The molecule has 1 aromatic carbocycles. The highest BCUT2D eigenvalue weighted by atomic mass is 79.9. The van der Waals surface area contributed by atoms with E-state index in [0.29, 0.717) is 12.2 Å². The van der Waals surface area contributed by atoms with Gasteiger partial charge in [0.2, 0.25) is 0 Å². The Bertz CT molecular complexity index is 706. The smallest absolute Gasteiger partial charge is 0.137 e. The third-order valence-corrected chi connectivity index (χ3v) is 3.23. The van der Waals surface area contributed by atoms with Crippen LogP contribution in [-0.4, -0.2) is 14.5 Å². The van der Waals surface area contributed by atoms with Gasteiger partial charge < -0.3 is 9.51 Å². The van der Waals surface area contributed by atoms with Crippen molar-refractivity contribution in [3.8, 4) is 5.75 Å². The number of rotatable bonds is 2. The van der Waals surface area contributed by atoms with Crippen molar-refractivity contribution in [2.24, 2.45) is 0 Å². The number of imidazole rings is 1. The molecule has 0 spiro atoms. The molecule has 2 heterocycles. The molecular formula is C14H11BrN2O. The van der Waals surface area contributed by atoms with E-state index < -0.39 is 0 Å². The van der Waals surface area contributed by atoms with Crippen molar-refractivity contribution in [1.82, 2.24) is 9.38 Å². The normalized spacial score (nSPS) is 10.9. The molecule has 3 rings (SSSR count). The zero-order valence-corrected chi connectivity index (χ0v) is 11.1. The predicted octanol–water partition coefficient (Wildman–Crippen LogP) is 3.39. The molecular weight excluding hydrogens is 292 g/mol. The second kappa shape index (κ2) is 4.46. The van der Waals surface area contributed by atoms with Gasteiger partial charge in [-0.2, -0.15) is 0 Å². The van der Waals surface area contributed by atoms with Gasteiger partial charge in [0.15, 0.2) is 0 Å². The van der Waals surface area contributed by atoms with E-state index in [1.54, 1.807) is 12.1 Å². The first-order chi connectivity index (χ1) is 8.70. The van der Waals surface area contributed by atoms with E-state index in [1.807, 2.05) is 41.1 Å². The van der Waals surface area contributed by atoms with Crippen LogP contribution >= 0.6 is 15.9 Å². The van der Waals surface area contributed by atoms with Crippen LogP contribution in [0, 0.1) is 0 Å². The molecule has 18 heavy (non-hydrogen) atoms. The topological polar surface area (TPSA) is 37.5 Å². The molecule has 0 radical (unpaired) electrons. The summed E-state index contributed by atoms with van der Waals surface area (Å²) < 4.78 is 3.01. The number of benzene rings is 1. The van der Waals surface area contributed by atoms with Crippen molar-refractivity contribution in [3.63, 3.8) is 0 Å². The minimum atomic E-state index is 0.291. The largest absolute Gasteiger partial charge is 0.508 e. The molecule has 0 amide bonds. The van der Waals surface area contributed by atoms with Crippen LogP contribution in [0.4, 0.5) is 0 Å². The first-order valence-corrected chi connectivity index (χ1v) is 6.41. The van der Waals surface area contributed by atoms with E-state index in [1.165, 1.54) is 0 Å². The molecule has 90 valence electrons. The van der Waals surface area contributed by atoms with Gasteiger partial charge >= 0.3 is 0 Å². The van der Waals surface area contributed by atoms with Crippen molar-refractivity contribution in [2.45, 2.75) is 6.42 Å². The monoisotopic (exact) mass is 302 g/mol. The number of pyridine rings is 1. The minimum Gasteiger partial charge on any atom is -0.508 e. The van der Waals surface area contributed by atoms with E-state index in [-0.39, 0.29) is 0 Å². The van der Waals surface area contributed by atoms with Gasteiger partial charge in [0.05, 0.1) is 5.69 Å². The molecule has 1 N–H and O–H groups in total. The van der Waals surface area contributed by atoms with E-state index in [0.717, 1.165) is 21.4 Å². The molecule has 0 saturated heterocycles. The fourth-order valence-electron chi connectivity index (χ4n) is 1.98. The maximum Gasteiger partial charge on any atom is 0.137 e. The molecule has 0 aliphatic carbocycles. The van der Waals surface area contributed by atoms with Crippen LogP contribution in [0.5, 0.6) is 5.75 Å². The number of aromatic nitrogens is 2. The zero-order chi connectivity index (χ0) is 12.5. The fourth-order valence-corrected chi connectivity index (χ4v) is 2.33. The lowest BCUT2D eigenvalue weighted by molar-refractivity contribution is 0.474. The standard InChI is InChI=1S/C14H11BrN2O/c15-11-4-5-14-16-12(9-17(14)8-11)6-10-2-1-3-13(18)7-10/h1-5,7-9,18H,6H2. The molecule has 0 atom stereocenters. The second-order valence-corrected chi connectivity index (χ2v) is 5.11. The van der Waals surface area contributed by atoms with E-state index in [9.17, 15) is 5.11 Å². The van der Waals surface area contributed by atoms with Gasteiger partial charge in [-0.15, -0.1) is 0 Å². The maximum atomic E-state index is 9.44. The second-order valence-electron chi connectivity index (χ2n) is 4.19. The van der Waals surface area contributed by atoms with E-state index in [2.05, 4.69) is 20.9 Å². The van der Waals surface area contributed by atoms with E-state index in [4.69, 9.17) is 0 Å². The number of aromatic hydroxyl groups is 1. The van der Waals surface area contributed by atoms with Crippen LogP contribution in [0.1, 0.15) is 11.3 Å². The summed E-state index contributed by atoms with van der Waals surface area (Å²) in [6.45, 7) is 0. The molecule has 0 aliphatic rings. The van der Waals surface area contributed by atoms with Gasteiger partial charge in [-0.3, -0.25) is 0 Å². The summed E-state index contributed by atoms with van der Waals surface area (Å²) >= 11 is 3.44. The Hall–Kier alpha value is -1.81. The van der Waals surface area contributed by atoms with Crippen molar-refractivity contribution in [2.75, 3.05) is 0 Å². The molecule has 0 aliphatic heterocycles. The van der Waals surface area contributed by atoms with Crippen LogP contribution in [-0.2, 0) is 6.42 Å². The Labute approximate surface area is 113 Å². The van der Waals surface area contributed by atoms with Crippen LogP contribution in [0.3, 0.4) is 0 Å². The average molecular weight is 303 g/mol. The third-order valence-electron chi connectivity index (χ3n) is 2.76. The molecule has 0 fully saturated rings. The van der Waals surface area contributed by atoms with E-state index >= 15 is 0 Å². The van der Waals surface area contributed by atoms with Crippen LogP contribution < -0.4 is 0 Å². The first kappa shape index (κ1) is 11.3. The van der Waals surface area contributed by atoms with Crippen molar-refractivity contribution < 1.29 is 5.11 Å². The highest BCUT2D eigenvalue weighted by Crippen LogP contribution is 2.17. The van der Waals surface area contributed by atoms with Gasteiger partial charge in [0.25, 0.3) is 0 Å². The lowest BCUT2D eigenvalue weighted by Gasteiger charge is -1.98. The summed E-state index contributed by atoms with van der Waals surface area (Å²) in [4.78, 5) is 4.54. The summed E-state index contributed by atoms with van der Waals surface area (Å²) in [6.07, 6.45) is 4.70. The Balaban J connectivity index is 1.95. The minimum absolute atomic E-state index is 0.291. The average Bonchev–Trinajstić information content (AvgIpc) is 2.70. The SMILES string of the molecule is Oc1cccc(Cc2cn3cc(Br)ccc3n2)c1. The number of fused-ring (bicyclic) bond motifs is 1. The van der Waals surface area contributed by atoms with Gasteiger partial charge in [0.1, 0.15) is 11.4 Å². The van der Waals surface area contributed by atoms with Crippen molar-refractivity contribution >= 4 is 21.6 Å². The summed E-state index contributed by atoms with van der Waals surface area (Å²) in [5, 5.41) is 9.44. The lowest BCUT2D eigenvalue weighted by atomic mass is 10.1. The third kappa shape index (κ3) is 2.24. The van der Waals surface area contributed by atoms with Crippen LogP contribution in [0.25, 0.3) is 5.65 Å². The summed E-state index contributed by atoms with van der Waals surface area (Å²) in [5.74, 6) is 0.291. The number of hydrogen-bond donors (Lipinski definition) is 1. The van der Waals surface area contributed by atoms with Gasteiger partial charge in [-0.25, -0.2) is 4.98 Å². The number of hydrogen-bond acceptors (Lipinski definition) is 2. The molecule has 4 heteroatoms. The van der Waals surface area contributed by atoms with Crippen molar-refractivity contribution in [1.29, 1.82) is 0 Å². The zero-order valence-electron chi connectivity index (χ0n) is 9.55. The van der Waals surface area contributed by atoms with Gasteiger partial charge in [-0.1, -0.05) is 12.1 Å². The lowest BCUT2D eigenvalue weighted by Crippen LogP contribution is -1.87. The summed E-state index contributed by atoms with van der Waals surface area (Å²) in [5.41, 5.74) is 2.96. The Morgan fingerprint density at radius 2 is 2.06 bits per heavy atom. The number of nitrogens with zero attached hydrogens (tertiary/aromatic N) is 2. The quantitative estimate of drug-likeness (QED) is 0.788. The fraction of sp³-hybridized carbons (Fsp3) is 0.0714. The maximum absolute atomic E-state index is 9.44. The Kier molecular flexibility index (Phi) is 2.80. The molecule has 3 nitrogen and oxygen atoms in total. The number of halogens is 1. The summed E-state index contributed by atoms with van der Waals surface area (Å²) in [7, 11) is 0. The van der Waals surface area contributed by atoms with Crippen LogP contribution in [0.15, 0.2) is 53.3 Å². The highest BCUT2D eigenvalue weighted by molar-refractivity contribution is 9.10. The highest BCUT2D eigenvalue weighted by Gasteiger charge is 2.03. The predicted molar refractivity (Wildman–Crippen MR) is 73.8 cm³/mol. The van der Waals surface area contributed by atoms with Crippen LogP contribution in [0.2, 0.25) is 0 Å². The molecule has 0 bridgehead atoms. The number of phenolic OH excluding ortho intramolecular Hbond substituents is 1. The van der Waals surface area contributed by atoms with Gasteiger partial charge in [-0.05, 0) is 45.8 Å². The molecule has 2 aromatic heterocycles. The molecule has 0 unspecified atom stereocenters. The van der Waals surface area contributed by atoms with Gasteiger partial charge in [0, 0.05) is 23.3 Å². The summed E-state index contributed by atoms with van der Waals surface area (Å²) in [6, 6.07) is 11.2. The first-order valence-electron chi connectivity index (χ1n) is 5.62. The Morgan fingerprint density at radius 1 is 1.17 bits per heavy atom. The Morgan fingerprint density at radius 3 is 2.89 bits per heavy atom. The molecule has 3 aromatic rings.